The first-order chi connectivity index (χ1) is 9.18. The molecule has 4 heteroatoms. The molecule has 2 heterocycles. The number of rotatable bonds is 4. The minimum atomic E-state index is 0.132. The van der Waals surface area contributed by atoms with Gasteiger partial charge in [0.15, 0.2) is 0 Å². The van der Waals surface area contributed by atoms with Gasteiger partial charge in [0, 0.05) is 31.5 Å². The lowest BCUT2D eigenvalue weighted by Crippen LogP contribution is -2.45. The Bertz CT molecular complexity index is 399. The predicted octanol–water partition coefficient (Wildman–Crippen LogP) is 1.82. The molecule has 4 nitrogen and oxygen atoms in total. The molecule has 0 saturated carbocycles. The Balaban J connectivity index is 2.04. The highest BCUT2D eigenvalue weighted by molar-refractivity contribution is 5.79. The van der Waals surface area contributed by atoms with Crippen molar-refractivity contribution >= 4 is 5.91 Å². The van der Waals surface area contributed by atoms with E-state index in [2.05, 4.69) is 24.1 Å². The summed E-state index contributed by atoms with van der Waals surface area (Å²) in [4.78, 5) is 18.7. The zero-order valence-corrected chi connectivity index (χ0v) is 11.8. The third-order valence-electron chi connectivity index (χ3n) is 3.63. The van der Waals surface area contributed by atoms with E-state index in [4.69, 9.17) is 0 Å². The molecule has 19 heavy (non-hydrogen) atoms. The van der Waals surface area contributed by atoms with Crippen LogP contribution in [0.3, 0.4) is 0 Å². The lowest BCUT2D eigenvalue weighted by Gasteiger charge is -2.32. The van der Waals surface area contributed by atoms with Crippen LogP contribution in [0.25, 0.3) is 0 Å². The molecule has 0 aromatic carbocycles. The molecule has 0 unspecified atom stereocenters. The second-order valence-electron chi connectivity index (χ2n) is 5.46. The molecule has 2 rings (SSSR count). The number of aromatic nitrogens is 1. The van der Waals surface area contributed by atoms with Crippen LogP contribution in [-0.4, -0.2) is 34.9 Å². The third kappa shape index (κ3) is 3.77. The van der Waals surface area contributed by atoms with Crippen molar-refractivity contribution in [3.05, 3.63) is 30.1 Å². The van der Waals surface area contributed by atoms with Crippen molar-refractivity contribution < 1.29 is 4.79 Å². The average molecular weight is 261 g/mol. The van der Waals surface area contributed by atoms with Crippen molar-refractivity contribution in [1.29, 1.82) is 0 Å². The number of carbonyl (C=O) groups excluding carboxylic acids is 1. The van der Waals surface area contributed by atoms with E-state index in [1.54, 1.807) is 6.20 Å². The van der Waals surface area contributed by atoms with Gasteiger partial charge < -0.3 is 10.2 Å². The number of piperidine rings is 1. The normalized spacial score (nSPS) is 19.4. The fraction of sp³-hybridized carbons (Fsp3) is 0.600. The van der Waals surface area contributed by atoms with Gasteiger partial charge in [-0.3, -0.25) is 9.78 Å². The average Bonchev–Trinajstić information content (AvgIpc) is 2.46. The molecular weight excluding hydrogens is 238 g/mol. The van der Waals surface area contributed by atoms with Gasteiger partial charge in [-0.05, 0) is 44.9 Å². The van der Waals surface area contributed by atoms with E-state index in [-0.39, 0.29) is 17.9 Å². The summed E-state index contributed by atoms with van der Waals surface area (Å²) < 4.78 is 0. The molecule has 1 saturated heterocycles. The first kappa shape index (κ1) is 14.0. The Hall–Kier alpha value is -1.42. The standard InChI is InChI=1S/C15H23N3O/c1-12(2)18(11-13-5-3-7-16-9-13)15(19)14-6-4-8-17-10-14/h3,5,7,9,12,14,17H,4,6,8,10-11H2,1-2H3/t14-/m1/s1. The van der Waals surface area contributed by atoms with Crippen molar-refractivity contribution in [2.75, 3.05) is 13.1 Å². The zero-order valence-electron chi connectivity index (χ0n) is 11.8. The number of hydrogen-bond acceptors (Lipinski definition) is 3. The fourth-order valence-corrected chi connectivity index (χ4v) is 2.50. The van der Waals surface area contributed by atoms with Crippen LogP contribution >= 0.6 is 0 Å². The first-order valence-electron chi connectivity index (χ1n) is 7.08. The quantitative estimate of drug-likeness (QED) is 0.899. The maximum absolute atomic E-state index is 12.6. The number of carbonyl (C=O) groups is 1. The summed E-state index contributed by atoms with van der Waals surface area (Å²) in [6.07, 6.45) is 5.69. The Labute approximate surface area is 115 Å². The minimum absolute atomic E-state index is 0.132. The van der Waals surface area contributed by atoms with Crippen molar-refractivity contribution in [2.24, 2.45) is 5.92 Å². The van der Waals surface area contributed by atoms with E-state index in [0.717, 1.165) is 31.5 Å². The summed E-state index contributed by atoms with van der Waals surface area (Å²) in [5.74, 6) is 0.402. The molecule has 0 bridgehead atoms. The number of amides is 1. The number of nitrogens with one attached hydrogen (secondary N) is 1. The van der Waals surface area contributed by atoms with E-state index in [1.807, 2.05) is 23.2 Å². The van der Waals surface area contributed by atoms with E-state index >= 15 is 0 Å². The maximum Gasteiger partial charge on any atom is 0.227 e. The number of hydrogen-bond donors (Lipinski definition) is 1. The molecular formula is C15H23N3O. The lowest BCUT2D eigenvalue weighted by molar-refractivity contribution is -0.138. The lowest BCUT2D eigenvalue weighted by atomic mass is 9.97. The highest BCUT2D eigenvalue weighted by atomic mass is 16.2. The Kier molecular flexibility index (Phi) is 4.91. The zero-order chi connectivity index (χ0) is 13.7. The first-order valence-corrected chi connectivity index (χ1v) is 7.08. The highest BCUT2D eigenvalue weighted by Gasteiger charge is 2.27. The molecule has 1 amide bonds. The molecule has 0 radical (unpaired) electrons. The van der Waals surface area contributed by atoms with Gasteiger partial charge in [-0.25, -0.2) is 0 Å². The summed E-state index contributed by atoms with van der Waals surface area (Å²) in [5, 5.41) is 3.31. The van der Waals surface area contributed by atoms with Gasteiger partial charge in [0.25, 0.3) is 0 Å². The fourth-order valence-electron chi connectivity index (χ4n) is 2.50. The van der Waals surface area contributed by atoms with Gasteiger partial charge in [-0.1, -0.05) is 6.07 Å². The number of pyridine rings is 1. The SMILES string of the molecule is CC(C)N(Cc1cccnc1)C(=O)[C@@H]1CCCNC1. The molecule has 1 aliphatic heterocycles. The Morgan fingerprint density at radius 2 is 2.42 bits per heavy atom. The summed E-state index contributed by atoms with van der Waals surface area (Å²) in [7, 11) is 0. The van der Waals surface area contributed by atoms with Gasteiger partial charge in [0.05, 0.1) is 5.92 Å². The molecule has 1 aromatic rings. The van der Waals surface area contributed by atoms with Crippen LogP contribution in [0.2, 0.25) is 0 Å². The summed E-state index contributed by atoms with van der Waals surface area (Å²) in [6.45, 7) is 6.65. The largest absolute Gasteiger partial charge is 0.336 e. The monoisotopic (exact) mass is 261 g/mol. The smallest absolute Gasteiger partial charge is 0.227 e. The van der Waals surface area contributed by atoms with Crippen LogP contribution in [-0.2, 0) is 11.3 Å². The van der Waals surface area contributed by atoms with Crippen molar-refractivity contribution in [3.8, 4) is 0 Å². The van der Waals surface area contributed by atoms with Crippen molar-refractivity contribution in [2.45, 2.75) is 39.3 Å². The second-order valence-corrected chi connectivity index (χ2v) is 5.46. The molecule has 0 aliphatic carbocycles. The van der Waals surface area contributed by atoms with Gasteiger partial charge in [-0.15, -0.1) is 0 Å². The Morgan fingerprint density at radius 1 is 1.58 bits per heavy atom. The molecule has 1 N–H and O–H groups in total. The summed E-state index contributed by atoms with van der Waals surface area (Å²) in [6, 6.07) is 4.16. The van der Waals surface area contributed by atoms with E-state index in [0.29, 0.717) is 6.54 Å². The van der Waals surface area contributed by atoms with Crippen molar-refractivity contribution in [1.82, 2.24) is 15.2 Å². The van der Waals surface area contributed by atoms with E-state index in [9.17, 15) is 4.79 Å². The van der Waals surface area contributed by atoms with E-state index in [1.165, 1.54) is 0 Å². The Morgan fingerprint density at radius 3 is 3.00 bits per heavy atom. The summed E-state index contributed by atoms with van der Waals surface area (Å²) in [5.41, 5.74) is 1.09. The van der Waals surface area contributed by atoms with Crippen molar-refractivity contribution in [3.63, 3.8) is 0 Å². The second kappa shape index (κ2) is 6.66. The van der Waals surface area contributed by atoms with Crippen LogP contribution < -0.4 is 5.32 Å². The predicted molar refractivity (Wildman–Crippen MR) is 75.5 cm³/mol. The minimum Gasteiger partial charge on any atom is -0.336 e. The molecule has 1 aliphatic rings. The van der Waals surface area contributed by atoms with Crippen LogP contribution in [0.15, 0.2) is 24.5 Å². The van der Waals surface area contributed by atoms with Crippen LogP contribution in [0.4, 0.5) is 0 Å². The van der Waals surface area contributed by atoms with Crippen LogP contribution in [0, 0.1) is 5.92 Å². The highest BCUT2D eigenvalue weighted by Crippen LogP contribution is 2.17. The van der Waals surface area contributed by atoms with Crippen LogP contribution in [0.5, 0.6) is 0 Å². The van der Waals surface area contributed by atoms with Gasteiger partial charge in [0.1, 0.15) is 0 Å². The molecule has 1 fully saturated rings. The number of nitrogens with zero attached hydrogens (tertiary/aromatic N) is 2. The van der Waals surface area contributed by atoms with Crippen LogP contribution in [0.1, 0.15) is 32.3 Å². The molecule has 1 atom stereocenters. The molecule has 1 aromatic heterocycles. The van der Waals surface area contributed by atoms with Gasteiger partial charge in [-0.2, -0.15) is 0 Å². The molecule has 0 spiro atoms. The van der Waals surface area contributed by atoms with E-state index < -0.39 is 0 Å². The molecule has 104 valence electrons. The van der Waals surface area contributed by atoms with Gasteiger partial charge in [0.2, 0.25) is 5.91 Å². The summed E-state index contributed by atoms with van der Waals surface area (Å²) >= 11 is 0. The van der Waals surface area contributed by atoms with Gasteiger partial charge >= 0.3 is 0 Å². The third-order valence-corrected chi connectivity index (χ3v) is 3.63. The topological polar surface area (TPSA) is 45.2 Å². The maximum atomic E-state index is 12.6.